The molecule has 0 spiro atoms. The van der Waals surface area contributed by atoms with Crippen molar-refractivity contribution in [3.8, 4) is 11.3 Å². The summed E-state index contributed by atoms with van der Waals surface area (Å²) < 4.78 is 14.3. The molecule has 3 rings (SSSR count). The molecule has 2 aromatic carbocycles. The van der Waals surface area contributed by atoms with E-state index in [1.165, 1.54) is 23.6 Å². The number of hydrazone groups is 1. The highest BCUT2D eigenvalue weighted by Crippen LogP contribution is 2.24. The van der Waals surface area contributed by atoms with Crippen LogP contribution in [-0.2, 0) is 0 Å². The van der Waals surface area contributed by atoms with E-state index in [1.54, 1.807) is 12.1 Å². The highest BCUT2D eigenvalue weighted by Gasteiger charge is 2.05. The SMILES string of the molecule is Fc1cccc(Br)c1C=NNc1nc(-c2ccccc2)cs1. The number of halogens is 2. The van der Waals surface area contributed by atoms with Crippen molar-refractivity contribution in [1.29, 1.82) is 0 Å². The molecule has 0 unspecified atom stereocenters. The molecule has 1 aromatic heterocycles. The molecular weight excluding hydrogens is 365 g/mol. The fourth-order valence-electron chi connectivity index (χ4n) is 1.85. The van der Waals surface area contributed by atoms with Crippen LogP contribution in [0.1, 0.15) is 5.56 Å². The summed E-state index contributed by atoms with van der Waals surface area (Å²) in [6.07, 6.45) is 1.43. The van der Waals surface area contributed by atoms with E-state index in [2.05, 4.69) is 31.4 Å². The van der Waals surface area contributed by atoms with E-state index in [9.17, 15) is 4.39 Å². The summed E-state index contributed by atoms with van der Waals surface area (Å²) in [7, 11) is 0. The van der Waals surface area contributed by atoms with Crippen LogP contribution in [0.5, 0.6) is 0 Å². The maximum Gasteiger partial charge on any atom is 0.203 e. The summed E-state index contributed by atoms with van der Waals surface area (Å²) in [6.45, 7) is 0. The summed E-state index contributed by atoms with van der Waals surface area (Å²) >= 11 is 4.74. The predicted octanol–water partition coefficient (Wildman–Crippen LogP) is 5.16. The minimum absolute atomic E-state index is 0.330. The van der Waals surface area contributed by atoms with Gasteiger partial charge >= 0.3 is 0 Å². The van der Waals surface area contributed by atoms with E-state index in [4.69, 9.17) is 0 Å². The summed E-state index contributed by atoms with van der Waals surface area (Å²) in [4.78, 5) is 4.44. The normalized spacial score (nSPS) is 11.0. The number of nitrogens with zero attached hydrogens (tertiary/aromatic N) is 2. The molecule has 0 fully saturated rings. The first kappa shape index (κ1) is 14.9. The number of hydrogen-bond donors (Lipinski definition) is 1. The number of nitrogens with one attached hydrogen (secondary N) is 1. The lowest BCUT2D eigenvalue weighted by Crippen LogP contribution is -1.94. The van der Waals surface area contributed by atoms with Gasteiger partial charge in [0.25, 0.3) is 0 Å². The number of thiazole rings is 1. The van der Waals surface area contributed by atoms with Gasteiger partial charge in [0, 0.05) is 21.0 Å². The van der Waals surface area contributed by atoms with Crippen LogP contribution < -0.4 is 5.43 Å². The van der Waals surface area contributed by atoms with Crippen molar-refractivity contribution in [3.05, 3.63) is 69.8 Å². The highest BCUT2D eigenvalue weighted by atomic mass is 79.9. The van der Waals surface area contributed by atoms with Crippen molar-refractivity contribution in [2.45, 2.75) is 0 Å². The van der Waals surface area contributed by atoms with Gasteiger partial charge in [-0.3, -0.25) is 5.43 Å². The van der Waals surface area contributed by atoms with Gasteiger partial charge in [-0.25, -0.2) is 9.37 Å². The van der Waals surface area contributed by atoms with Gasteiger partial charge in [0.1, 0.15) is 5.82 Å². The minimum atomic E-state index is -0.330. The monoisotopic (exact) mass is 375 g/mol. The van der Waals surface area contributed by atoms with Crippen LogP contribution in [0.4, 0.5) is 9.52 Å². The average molecular weight is 376 g/mol. The third-order valence-corrected chi connectivity index (χ3v) is 4.37. The van der Waals surface area contributed by atoms with Gasteiger partial charge < -0.3 is 0 Å². The molecule has 0 aliphatic rings. The van der Waals surface area contributed by atoms with Gasteiger partial charge in [-0.1, -0.05) is 52.3 Å². The lowest BCUT2D eigenvalue weighted by Gasteiger charge is -1.99. The van der Waals surface area contributed by atoms with Crippen LogP contribution in [0.15, 0.2) is 63.5 Å². The fourth-order valence-corrected chi connectivity index (χ4v) is 2.97. The largest absolute Gasteiger partial charge is 0.253 e. The van der Waals surface area contributed by atoms with E-state index < -0.39 is 0 Å². The zero-order chi connectivity index (χ0) is 15.4. The van der Waals surface area contributed by atoms with Gasteiger partial charge in [-0.05, 0) is 12.1 Å². The van der Waals surface area contributed by atoms with E-state index in [-0.39, 0.29) is 5.82 Å². The number of anilines is 1. The van der Waals surface area contributed by atoms with E-state index in [1.807, 2.05) is 35.7 Å². The standard InChI is InChI=1S/C16H11BrFN3S/c17-13-7-4-8-14(18)12(13)9-19-21-16-20-15(10-22-16)11-5-2-1-3-6-11/h1-10H,(H,20,21). The smallest absolute Gasteiger partial charge is 0.203 e. The molecule has 1 heterocycles. The van der Waals surface area contributed by atoms with Gasteiger partial charge in [0.2, 0.25) is 5.13 Å². The summed E-state index contributed by atoms with van der Waals surface area (Å²) in [5.41, 5.74) is 5.16. The molecule has 0 bridgehead atoms. The predicted molar refractivity (Wildman–Crippen MR) is 92.9 cm³/mol. The molecule has 110 valence electrons. The molecule has 22 heavy (non-hydrogen) atoms. The second-order valence-electron chi connectivity index (χ2n) is 4.41. The maximum absolute atomic E-state index is 13.6. The molecule has 3 nitrogen and oxygen atoms in total. The number of hydrogen-bond acceptors (Lipinski definition) is 4. The van der Waals surface area contributed by atoms with Crippen LogP contribution >= 0.6 is 27.3 Å². The Kier molecular flexibility index (Phi) is 4.60. The van der Waals surface area contributed by atoms with E-state index in [0.29, 0.717) is 15.2 Å². The van der Waals surface area contributed by atoms with Gasteiger partial charge in [0.05, 0.1) is 11.9 Å². The van der Waals surface area contributed by atoms with Gasteiger partial charge in [-0.15, -0.1) is 11.3 Å². The molecule has 0 radical (unpaired) electrons. The molecule has 1 N–H and O–H groups in total. The number of benzene rings is 2. The zero-order valence-electron chi connectivity index (χ0n) is 11.3. The molecule has 3 aromatic rings. The van der Waals surface area contributed by atoms with Crippen LogP contribution in [0.2, 0.25) is 0 Å². The average Bonchev–Trinajstić information content (AvgIpc) is 3.00. The first-order chi connectivity index (χ1) is 10.7. The fraction of sp³-hybridized carbons (Fsp3) is 0. The molecule has 0 amide bonds. The van der Waals surface area contributed by atoms with Crippen molar-refractivity contribution in [2.75, 3.05) is 5.43 Å². The lowest BCUT2D eigenvalue weighted by atomic mass is 10.2. The Morgan fingerprint density at radius 2 is 1.95 bits per heavy atom. The van der Waals surface area contributed by atoms with Crippen LogP contribution in [-0.4, -0.2) is 11.2 Å². The van der Waals surface area contributed by atoms with Gasteiger partial charge in [-0.2, -0.15) is 5.10 Å². The summed E-state index contributed by atoms with van der Waals surface area (Å²) in [5.74, 6) is -0.330. The molecule has 6 heteroatoms. The van der Waals surface area contributed by atoms with Gasteiger partial charge in [0.15, 0.2) is 0 Å². The molecule has 0 saturated carbocycles. The molecule has 0 aliphatic heterocycles. The first-order valence-electron chi connectivity index (χ1n) is 6.48. The van der Waals surface area contributed by atoms with Crippen LogP contribution in [0.25, 0.3) is 11.3 Å². The Bertz CT molecular complexity index is 782. The molecule has 0 aliphatic carbocycles. The van der Waals surface area contributed by atoms with Crippen molar-refractivity contribution in [1.82, 2.24) is 4.98 Å². The van der Waals surface area contributed by atoms with Crippen molar-refractivity contribution in [3.63, 3.8) is 0 Å². The molecule has 0 saturated heterocycles. The molecule has 0 atom stereocenters. The quantitative estimate of drug-likeness (QED) is 0.505. The van der Waals surface area contributed by atoms with Crippen molar-refractivity contribution in [2.24, 2.45) is 5.10 Å². The second-order valence-corrected chi connectivity index (χ2v) is 6.12. The Hall–Kier alpha value is -2.05. The Morgan fingerprint density at radius 3 is 2.73 bits per heavy atom. The maximum atomic E-state index is 13.6. The third kappa shape index (κ3) is 3.40. The van der Waals surface area contributed by atoms with Crippen molar-refractivity contribution >= 4 is 38.6 Å². The summed E-state index contributed by atoms with van der Waals surface area (Å²) in [6, 6.07) is 14.7. The Balaban J connectivity index is 1.72. The number of aromatic nitrogens is 1. The second kappa shape index (κ2) is 6.81. The lowest BCUT2D eigenvalue weighted by molar-refractivity contribution is 0.625. The Labute approximate surface area is 139 Å². The van der Waals surface area contributed by atoms with Crippen molar-refractivity contribution < 1.29 is 4.39 Å². The van der Waals surface area contributed by atoms with E-state index >= 15 is 0 Å². The summed E-state index contributed by atoms with van der Waals surface area (Å²) in [5, 5.41) is 6.65. The molecular formula is C16H11BrFN3S. The Morgan fingerprint density at radius 1 is 1.14 bits per heavy atom. The van der Waals surface area contributed by atoms with Crippen LogP contribution in [0, 0.1) is 5.82 Å². The minimum Gasteiger partial charge on any atom is -0.253 e. The first-order valence-corrected chi connectivity index (χ1v) is 8.15. The highest BCUT2D eigenvalue weighted by molar-refractivity contribution is 9.10. The van der Waals surface area contributed by atoms with Crippen LogP contribution in [0.3, 0.4) is 0 Å². The number of rotatable bonds is 4. The van der Waals surface area contributed by atoms with E-state index in [0.717, 1.165) is 11.3 Å². The topological polar surface area (TPSA) is 37.3 Å². The third-order valence-electron chi connectivity index (χ3n) is 2.93. The zero-order valence-corrected chi connectivity index (χ0v) is 13.7.